The van der Waals surface area contributed by atoms with E-state index in [1.807, 2.05) is 18.2 Å². The zero-order valence-electron chi connectivity index (χ0n) is 11.9. The molecule has 4 heteroatoms. The fourth-order valence-electron chi connectivity index (χ4n) is 2.16. The van der Waals surface area contributed by atoms with Crippen molar-refractivity contribution in [2.45, 2.75) is 19.9 Å². The molecule has 0 aliphatic rings. The van der Waals surface area contributed by atoms with Crippen molar-refractivity contribution < 1.29 is 4.74 Å². The Balaban J connectivity index is 2.48. The molecule has 2 rings (SSSR count). The fourth-order valence-corrected chi connectivity index (χ4v) is 2.16. The number of nitrogen functional groups attached to an aromatic ring is 1. The number of aromatic nitrogens is 1. The second-order valence-corrected chi connectivity index (χ2v) is 4.67. The van der Waals surface area contributed by atoms with Gasteiger partial charge in [0.1, 0.15) is 0 Å². The van der Waals surface area contributed by atoms with E-state index in [-0.39, 0.29) is 11.2 Å². The topological polar surface area (TPSA) is 57.2 Å². The number of methoxy groups -OCH3 is 1. The lowest BCUT2D eigenvalue weighted by Crippen LogP contribution is -2.25. The van der Waals surface area contributed by atoms with Crippen LogP contribution in [0.15, 0.2) is 41.2 Å². The third kappa shape index (κ3) is 2.91. The minimum Gasteiger partial charge on any atom is -0.394 e. The maximum absolute atomic E-state index is 12.2. The summed E-state index contributed by atoms with van der Waals surface area (Å²) in [7, 11) is 1.62. The predicted octanol–water partition coefficient (Wildman–Crippen LogP) is 2.31. The van der Waals surface area contributed by atoms with Gasteiger partial charge in [0.15, 0.2) is 0 Å². The van der Waals surface area contributed by atoms with Gasteiger partial charge in [0.05, 0.1) is 18.0 Å². The summed E-state index contributed by atoms with van der Waals surface area (Å²) in [4.78, 5) is 12.2. The molecule has 2 aromatic rings. The minimum atomic E-state index is -0.167. The molecule has 4 nitrogen and oxygen atoms in total. The highest BCUT2D eigenvalue weighted by Crippen LogP contribution is 2.19. The molecule has 0 radical (unpaired) electrons. The number of nitrogens with two attached hydrogens (primary N) is 1. The number of rotatable bonds is 5. The molecule has 1 aromatic carbocycles. The number of hydrogen-bond acceptors (Lipinski definition) is 3. The molecule has 20 heavy (non-hydrogen) atoms. The van der Waals surface area contributed by atoms with E-state index in [1.54, 1.807) is 17.7 Å². The van der Waals surface area contributed by atoms with E-state index in [0.717, 1.165) is 17.7 Å². The number of pyridine rings is 1. The molecule has 0 spiro atoms. The molecular formula is C16H20N2O2. The molecule has 0 amide bonds. The van der Waals surface area contributed by atoms with Gasteiger partial charge < -0.3 is 15.0 Å². The second-order valence-electron chi connectivity index (χ2n) is 4.67. The first kappa shape index (κ1) is 14.3. The molecule has 1 heterocycles. The molecule has 0 saturated carbocycles. The lowest BCUT2D eigenvalue weighted by molar-refractivity contribution is 0.186. The van der Waals surface area contributed by atoms with Crippen LogP contribution in [-0.4, -0.2) is 18.3 Å². The van der Waals surface area contributed by atoms with E-state index in [2.05, 4.69) is 19.1 Å². The first-order valence-corrected chi connectivity index (χ1v) is 6.75. The van der Waals surface area contributed by atoms with Crippen molar-refractivity contribution in [1.82, 2.24) is 4.57 Å². The summed E-state index contributed by atoms with van der Waals surface area (Å²) in [5.41, 5.74) is 8.95. The van der Waals surface area contributed by atoms with Crippen LogP contribution in [0.4, 0.5) is 5.69 Å². The lowest BCUT2D eigenvalue weighted by atomic mass is 10.1. The Hall–Kier alpha value is -2.07. The smallest absolute Gasteiger partial charge is 0.274 e. The van der Waals surface area contributed by atoms with Gasteiger partial charge in [-0.3, -0.25) is 4.79 Å². The van der Waals surface area contributed by atoms with Crippen molar-refractivity contribution in [1.29, 1.82) is 0 Å². The maximum atomic E-state index is 12.2. The van der Waals surface area contributed by atoms with Gasteiger partial charge >= 0.3 is 0 Å². The van der Waals surface area contributed by atoms with Crippen molar-refractivity contribution in [2.75, 3.05) is 19.5 Å². The third-order valence-corrected chi connectivity index (χ3v) is 3.38. The number of aryl methyl sites for hydroxylation is 1. The summed E-state index contributed by atoms with van der Waals surface area (Å²) in [6.07, 6.45) is 0.999. The van der Waals surface area contributed by atoms with Crippen LogP contribution in [0.1, 0.15) is 12.5 Å². The Morgan fingerprint density at radius 2 is 1.85 bits per heavy atom. The van der Waals surface area contributed by atoms with E-state index in [9.17, 15) is 4.79 Å². The van der Waals surface area contributed by atoms with Gasteiger partial charge in [0.25, 0.3) is 5.56 Å². The van der Waals surface area contributed by atoms with Gasteiger partial charge in [-0.05, 0) is 29.7 Å². The first-order valence-electron chi connectivity index (χ1n) is 6.75. The highest BCUT2D eigenvalue weighted by molar-refractivity contribution is 5.61. The number of ether oxygens (including phenoxy) is 1. The standard InChI is InChI=1S/C16H20N2O2/c1-3-12-4-6-13(7-5-12)15-9-8-14(17)16(19)18(15)10-11-20-2/h4-9H,3,10-11,17H2,1-2H3. The number of hydrogen-bond donors (Lipinski definition) is 1. The third-order valence-electron chi connectivity index (χ3n) is 3.38. The Morgan fingerprint density at radius 3 is 2.45 bits per heavy atom. The van der Waals surface area contributed by atoms with Crippen molar-refractivity contribution >= 4 is 5.69 Å². The molecule has 0 saturated heterocycles. The van der Waals surface area contributed by atoms with Crippen LogP contribution in [0, 0.1) is 0 Å². The van der Waals surface area contributed by atoms with Crippen LogP contribution in [0.2, 0.25) is 0 Å². The molecule has 106 valence electrons. The first-order chi connectivity index (χ1) is 9.67. The largest absolute Gasteiger partial charge is 0.394 e. The Kier molecular flexibility index (Phi) is 4.58. The molecule has 0 aliphatic carbocycles. The van der Waals surface area contributed by atoms with Crippen LogP contribution in [0.5, 0.6) is 0 Å². The summed E-state index contributed by atoms with van der Waals surface area (Å²) in [6.45, 7) is 3.08. The van der Waals surface area contributed by atoms with Gasteiger partial charge in [-0.15, -0.1) is 0 Å². The lowest BCUT2D eigenvalue weighted by Gasteiger charge is -2.13. The van der Waals surface area contributed by atoms with Crippen LogP contribution in [0.25, 0.3) is 11.3 Å². The molecule has 0 unspecified atom stereocenters. The zero-order chi connectivity index (χ0) is 14.5. The number of benzene rings is 1. The van der Waals surface area contributed by atoms with Crippen LogP contribution >= 0.6 is 0 Å². The van der Waals surface area contributed by atoms with Gasteiger partial charge in [-0.2, -0.15) is 0 Å². The van der Waals surface area contributed by atoms with Crippen molar-refractivity contribution in [3.05, 3.63) is 52.3 Å². The Bertz CT molecular complexity index is 630. The highest BCUT2D eigenvalue weighted by Gasteiger charge is 2.08. The molecule has 0 aliphatic heterocycles. The van der Waals surface area contributed by atoms with E-state index < -0.39 is 0 Å². The summed E-state index contributed by atoms with van der Waals surface area (Å²) >= 11 is 0. The van der Waals surface area contributed by atoms with Gasteiger partial charge in [0.2, 0.25) is 0 Å². The maximum Gasteiger partial charge on any atom is 0.274 e. The SMILES string of the molecule is CCc1ccc(-c2ccc(N)c(=O)n2CCOC)cc1. The Labute approximate surface area is 118 Å². The summed E-state index contributed by atoms with van der Waals surface area (Å²) in [5.74, 6) is 0. The van der Waals surface area contributed by atoms with Crippen molar-refractivity contribution in [3.63, 3.8) is 0 Å². The fraction of sp³-hybridized carbons (Fsp3) is 0.312. The van der Waals surface area contributed by atoms with Crippen LogP contribution in [-0.2, 0) is 17.7 Å². The van der Waals surface area contributed by atoms with E-state index in [0.29, 0.717) is 13.2 Å². The molecule has 1 aromatic heterocycles. The van der Waals surface area contributed by atoms with Crippen molar-refractivity contribution in [3.8, 4) is 11.3 Å². The molecule has 0 fully saturated rings. The average molecular weight is 272 g/mol. The molecular weight excluding hydrogens is 252 g/mol. The average Bonchev–Trinajstić information content (AvgIpc) is 2.49. The quantitative estimate of drug-likeness (QED) is 0.908. The predicted molar refractivity (Wildman–Crippen MR) is 81.8 cm³/mol. The summed E-state index contributed by atoms with van der Waals surface area (Å²) < 4.78 is 6.73. The molecule has 2 N–H and O–H groups in total. The highest BCUT2D eigenvalue weighted by atomic mass is 16.5. The summed E-state index contributed by atoms with van der Waals surface area (Å²) in [5, 5.41) is 0. The number of anilines is 1. The van der Waals surface area contributed by atoms with E-state index >= 15 is 0 Å². The summed E-state index contributed by atoms with van der Waals surface area (Å²) in [6, 6.07) is 11.8. The van der Waals surface area contributed by atoms with Gasteiger partial charge in [-0.1, -0.05) is 31.2 Å². The molecule has 0 bridgehead atoms. The zero-order valence-corrected chi connectivity index (χ0v) is 11.9. The van der Waals surface area contributed by atoms with Crippen LogP contribution < -0.4 is 11.3 Å². The molecule has 0 atom stereocenters. The van der Waals surface area contributed by atoms with Gasteiger partial charge in [0, 0.05) is 13.7 Å². The second kappa shape index (κ2) is 6.39. The van der Waals surface area contributed by atoms with E-state index in [1.165, 1.54) is 5.56 Å². The monoisotopic (exact) mass is 272 g/mol. The van der Waals surface area contributed by atoms with Gasteiger partial charge in [-0.25, -0.2) is 0 Å². The number of nitrogens with zero attached hydrogens (tertiary/aromatic N) is 1. The Morgan fingerprint density at radius 1 is 1.15 bits per heavy atom. The van der Waals surface area contributed by atoms with E-state index in [4.69, 9.17) is 10.5 Å². The minimum absolute atomic E-state index is 0.167. The van der Waals surface area contributed by atoms with Crippen LogP contribution in [0.3, 0.4) is 0 Å². The van der Waals surface area contributed by atoms with Crippen molar-refractivity contribution in [2.24, 2.45) is 0 Å². The normalized spacial score (nSPS) is 10.7.